The van der Waals surface area contributed by atoms with Gasteiger partial charge in [-0.2, -0.15) is 0 Å². The van der Waals surface area contributed by atoms with Crippen molar-refractivity contribution >= 4 is 5.97 Å². The molecule has 2 fully saturated rings. The van der Waals surface area contributed by atoms with Gasteiger partial charge in [-0.25, -0.2) is 0 Å². The summed E-state index contributed by atoms with van der Waals surface area (Å²) in [7, 11) is 0. The van der Waals surface area contributed by atoms with Crippen molar-refractivity contribution in [1.82, 2.24) is 5.32 Å². The molecule has 2 atom stereocenters. The van der Waals surface area contributed by atoms with Crippen molar-refractivity contribution < 1.29 is 9.90 Å². The van der Waals surface area contributed by atoms with Gasteiger partial charge in [0.1, 0.15) is 0 Å². The fourth-order valence-electron chi connectivity index (χ4n) is 2.58. The van der Waals surface area contributed by atoms with Crippen LogP contribution in [0.4, 0.5) is 0 Å². The maximum absolute atomic E-state index is 10.7. The molecule has 0 heterocycles. The van der Waals surface area contributed by atoms with Crippen molar-refractivity contribution in [2.75, 3.05) is 6.54 Å². The van der Waals surface area contributed by atoms with E-state index in [0.29, 0.717) is 12.0 Å². The molecule has 0 radical (unpaired) electrons. The highest BCUT2D eigenvalue weighted by Gasteiger charge is 2.42. The number of carbonyl (C=O) groups is 1. The third kappa shape index (κ3) is 3.20. The molecule has 15 heavy (non-hydrogen) atoms. The van der Waals surface area contributed by atoms with Gasteiger partial charge in [0.15, 0.2) is 0 Å². The average Bonchev–Trinajstić information content (AvgIpc) is 3.00. The topological polar surface area (TPSA) is 49.3 Å². The minimum atomic E-state index is -0.609. The number of aliphatic carboxylic acids is 1. The van der Waals surface area contributed by atoms with Crippen molar-refractivity contribution in [3.63, 3.8) is 0 Å². The van der Waals surface area contributed by atoms with Crippen LogP contribution in [-0.4, -0.2) is 23.7 Å². The van der Waals surface area contributed by atoms with E-state index < -0.39 is 5.97 Å². The molecule has 0 saturated heterocycles. The van der Waals surface area contributed by atoms with Gasteiger partial charge in [0.05, 0.1) is 5.92 Å². The van der Waals surface area contributed by atoms with Gasteiger partial charge in [-0.1, -0.05) is 25.7 Å². The van der Waals surface area contributed by atoms with E-state index >= 15 is 0 Å². The first-order valence-electron chi connectivity index (χ1n) is 6.23. The standard InChI is InChI=1S/C12H21NO2/c14-12(15)11-7-9(11)8-13-10-5-3-1-2-4-6-10/h9-11,13H,1-8H2,(H,14,15). The minimum Gasteiger partial charge on any atom is -0.481 e. The molecule has 0 aromatic carbocycles. The Morgan fingerprint density at radius 1 is 1.20 bits per heavy atom. The molecule has 2 saturated carbocycles. The van der Waals surface area contributed by atoms with Crippen molar-refractivity contribution in [3.05, 3.63) is 0 Å². The summed E-state index contributed by atoms with van der Waals surface area (Å²) in [5.41, 5.74) is 0. The first-order chi connectivity index (χ1) is 7.27. The molecule has 0 aromatic rings. The van der Waals surface area contributed by atoms with Crippen LogP contribution >= 0.6 is 0 Å². The van der Waals surface area contributed by atoms with Crippen LogP contribution in [0.1, 0.15) is 44.9 Å². The van der Waals surface area contributed by atoms with Gasteiger partial charge in [-0.15, -0.1) is 0 Å². The monoisotopic (exact) mass is 211 g/mol. The molecule has 0 bridgehead atoms. The zero-order valence-corrected chi connectivity index (χ0v) is 9.24. The van der Waals surface area contributed by atoms with Crippen LogP contribution in [0.5, 0.6) is 0 Å². The Morgan fingerprint density at radius 2 is 1.87 bits per heavy atom. The van der Waals surface area contributed by atoms with E-state index in [1.807, 2.05) is 0 Å². The maximum atomic E-state index is 10.7. The van der Waals surface area contributed by atoms with Crippen LogP contribution in [-0.2, 0) is 4.79 Å². The highest BCUT2D eigenvalue weighted by atomic mass is 16.4. The van der Waals surface area contributed by atoms with E-state index in [0.717, 1.165) is 13.0 Å². The quantitative estimate of drug-likeness (QED) is 0.699. The molecule has 0 spiro atoms. The van der Waals surface area contributed by atoms with Crippen LogP contribution in [0, 0.1) is 11.8 Å². The molecule has 2 N–H and O–H groups in total. The lowest BCUT2D eigenvalue weighted by atomic mass is 10.1. The van der Waals surface area contributed by atoms with E-state index in [4.69, 9.17) is 5.11 Å². The summed E-state index contributed by atoms with van der Waals surface area (Å²) in [5, 5.41) is 12.3. The predicted molar refractivity (Wildman–Crippen MR) is 58.7 cm³/mol. The van der Waals surface area contributed by atoms with E-state index in [2.05, 4.69) is 5.32 Å². The second kappa shape index (κ2) is 4.97. The third-order valence-corrected chi connectivity index (χ3v) is 3.76. The molecule has 3 nitrogen and oxygen atoms in total. The fraction of sp³-hybridized carbons (Fsp3) is 0.917. The van der Waals surface area contributed by atoms with Gasteiger partial charge in [0.25, 0.3) is 0 Å². The first-order valence-corrected chi connectivity index (χ1v) is 6.23. The molecule has 3 heteroatoms. The summed E-state index contributed by atoms with van der Waals surface area (Å²) >= 11 is 0. The van der Waals surface area contributed by atoms with Crippen LogP contribution in [0.2, 0.25) is 0 Å². The molecule has 0 aromatic heterocycles. The van der Waals surface area contributed by atoms with E-state index in [1.54, 1.807) is 0 Å². The number of hydrogen-bond donors (Lipinski definition) is 2. The minimum absolute atomic E-state index is 0.0525. The Kier molecular flexibility index (Phi) is 3.62. The molecule has 0 amide bonds. The summed E-state index contributed by atoms with van der Waals surface area (Å²) in [6.45, 7) is 0.918. The zero-order chi connectivity index (χ0) is 10.7. The lowest BCUT2D eigenvalue weighted by Gasteiger charge is -2.15. The zero-order valence-electron chi connectivity index (χ0n) is 9.24. The molecule has 86 valence electrons. The Balaban J connectivity index is 1.63. The predicted octanol–water partition coefficient (Wildman–Crippen LogP) is 2.02. The summed E-state index contributed by atoms with van der Waals surface area (Å²) in [5.74, 6) is -0.253. The number of rotatable bonds is 4. The lowest BCUT2D eigenvalue weighted by molar-refractivity contribution is -0.138. The lowest BCUT2D eigenvalue weighted by Crippen LogP contribution is -2.30. The second-order valence-electron chi connectivity index (χ2n) is 5.04. The van der Waals surface area contributed by atoms with Gasteiger partial charge in [-0.3, -0.25) is 4.79 Å². The van der Waals surface area contributed by atoms with E-state index in [-0.39, 0.29) is 5.92 Å². The number of carboxylic acids is 1. The Hall–Kier alpha value is -0.570. The molecule has 0 aliphatic heterocycles. The maximum Gasteiger partial charge on any atom is 0.306 e. The molecule has 2 aliphatic carbocycles. The number of hydrogen-bond acceptors (Lipinski definition) is 2. The molecular weight excluding hydrogens is 190 g/mol. The van der Waals surface area contributed by atoms with Gasteiger partial charge in [0, 0.05) is 6.04 Å². The number of nitrogens with one attached hydrogen (secondary N) is 1. The van der Waals surface area contributed by atoms with Crippen LogP contribution < -0.4 is 5.32 Å². The Morgan fingerprint density at radius 3 is 2.40 bits per heavy atom. The molecule has 2 unspecified atom stereocenters. The van der Waals surface area contributed by atoms with Crippen LogP contribution in [0.25, 0.3) is 0 Å². The van der Waals surface area contributed by atoms with Crippen molar-refractivity contribution in [2.24, 2.45) is 11.8 Å². The fourth-order valence-corrected chi connectivity index (χ4v) is 2.58. The van der Waals surface area contributed by atoms with Crippen LogP contribution in [0.3, 0.4) is 0 Å². The Labute approximate surface area is 91.2 Å². The normalized spacial score (nSPS) is 32.3. The van der Waals surface area contributed by atoms with E-state index in [1.165, 1.54) is 38.5 Å². The van der Waals surface area contributed by atoms with Gasteiger partial charge in [0.2, 0.25) is 0 Å². The van der Waals surface area contributed by atoms with E-state index in [9.17, 15) is 4.79 Å². The third-order valence-electron chi connectivity index (χ3n) is 3.76. The molecular formula is C12H21NO2. The Bertz CT molecular complexity index is 222. The molecule has 2 aliphatic rings. The summed E-state index contributed by atoms with van der Waals surface area (Å²) in [6.07, 6.45) is 8.87. The van der Waals surface area contributed by atoms with Gasteiger partial charge < -0.3 is 10.4 Å². The van der Waals surface area contributed by atoms with Gasteiger partial charge in [-0.05, 0) is 31.7 Å². The average molecular weight is 211 g/mol. The highest BCUT2D eigenvalue weighted by molar-refractivity contribution is 5.73. The van der Waals surface area contributed by atoms with Crippen molar-refractivity contribution in [3.8, 4) is 0 Å². The smallest absolute Gasteiger partial charge is 0.306 e. The van der Waals surface area contributed by atoms with Gasteiger partial charge >= 0.3 is 5.97 Å². The largest absolute Gasteiger partial charge is 0.481 e. The SMILES string of the molecule is O=C(O)C1CC1CNC1CCCCCC1. The summed E-state index contributed by atoms with van der Waals surface area (Å²) in [6, 6.07) is 0.655. The van der Waals surface area contributed by atoms with Crippen LogP contribution in [0.15, 0.2) is 0 Å². The summed E-state index contributed by atoms with van der Waals surface area (Å²) in [4.78, 5) is 10.7. The number of carboxylic acid groups (broad SMARTS) is 1. The highest BCUT2D eigenvalue weighted by Crippen LogP contribution is 2.38. The first kappa shape index (κ1) is 10.9. The van der Waals surface area contributed by atoms with Crippen molar-refractivity contribution in [2.45, 2.75) is 51.0 Å². The second-order valence-corrected chi connectivity index (χ2v) is 5.04. The van der Waals surface area contributed by atoms with Crippen molar-refractivity contribution in [1.29, 1.82) is 0 Å². The molecule has 2 rings (SSSR count). The summed E-state index contributed by atoms with van der Waals surface area (Å²) < 4.78 is 0.